The third kappa shape index (κ3) is 2.50. The van der Waals surface area contributed by atoms with Gasteiger partial charge in [0.05, 0.1) is 19.3 Å². The predicted molar refractivity (Wildman–Crippen MR) is 88.8 cm³/mol. The Morgan fingerprint density at radius 2 is 2.00 bits per heavy atom. The molecule has 4 heterocycles. The lowest BCUT2D eigenvalue weighted by atomic mass is 9.57. The van der Waals surface area contributed by atoms with Gasteiger partial charge in [0, 0.05) is 24.2 Å². The molecule has 1 N–H and O–H groups in total. The van der Waals surface area contributed by atoms with E-state index in [1.54, 1.807) is 11.0 Å². The molecule has 1 aromatic heterocycles. The molecule has 1 aliphatic carbocycles. The average Bonchev–Trinajstić information content (AvgIpc) is 2.90. The van der Waals surface area contributed by atoms with Crippen LogP contribution in [-0.2, 0) is 11.2 Å². The molecule has 5 rings (SSSR count). The van der Waals surface area contributed by atoms with Gasteiger partial charge in [0.1, 0.15) is 18.0 Å². The number of urea groups is 1. The highest BCUT2D eigenvalue weighted by Crippen LogP contribution is 2.53. The third-order valence-electron chi connectivity index (χ3n) is 6.16. The van der Waals surface area contributed by atoms with Gasteiger partial charge in [0.25, 0.3) is 0 Å². The minimum absolute atomic E-state index is 0.0612. The van der Waals surface area contributed by atoms with Gasteiger partial charge in [-0.1, -0.05) is 0 Å². The molecule has 0 bridgehead atoms. The Kier molecular flexibility index (Phi) is 3.24. The summed E-state index contributed by atoms with van der Waals surface area (Å²) >= 11 is 0. The van der Waals surface area contributed by atoms with E-state index in [-0.39, 0.29) is 22.8 Å². The van der Waals surface area contributed by atoms with Gasteiger partial charge in [0.15, 0.2) is 0 Å². The molecule has 0 unspecified atom stereocenters. The summed E-state index contributed by atoms with van der Waals surface area (Å²) in [6.45, 7) is 3.02. The Morgan fingerprint density at radius 3 is 2.62 bits per heavy atom. The Labute approximate surface area is 150 Å². The van der Waals surface area contributed by atoms with Crippen LogP contribution in [0.1, 0.15) is 18.5 Å². The summed E-state index contributed by atoms with van der Waals surface area (Å²) in [7, 11) is 0. The zero-order chi connectivity index (χ0) is 17.9. The number of halogens is 1. The van der Waals surface area contributed by atoms with Crippen molar-refractivity contribution in [2.45, 2.75) is 24.8 Å². The van der Waals surface area contributed by atoms with Crippen LogP contribution < -0.4 is 5.32 Å². The highest BCUT2D eigenvalue weighted by molar-refractivity contribution is 5.78. The largest absolute Gasteiger partial charge is 0.447 e. The van der Waals surface area contributed by atoms with Crippen molar-refractivity contribution in [1.29, 1.82) is 0 Å². The number of nitrogens with zero attached hydrogens (tertiary/aromatic N) is 3. The van der Waals surface area contributed by atoms with Crippen molar-refractivity contribution < 1.29 is 18.7 Å². The predicted octanol–water partition coefficient (Wildman–Crippen LogP) is 1.39. The van der Waals surface area contributed by atoms with Gasteiger partial charge >= 0.3 is 12.1 Å². The van der Waals surface area contributed by atoms with Crippen LogP contribution in [0.5, 0.6) is 0 Å². The Hall–Kier alpha value is -2.38. The van der Waals surface area contributed by atoms with E-state index >= 15 is 0 Å². The van der Waals surface area contributed by atoms with Crippen LogP contribution in [0.3, 0.4) is 0 Å². The number of cyclic esters (lactones) is 1. The number of alkyl carbamates (subject to hydrolysis) is 1. The minimum atomic E-state index is -0.392. The van der Waals surface area contributed by atoms with Crippen LogP contribution in [0.2, 0.25) is 0 Å². The number of nitrogens with one attached hydrogen (secondary N) is 1. The number of aromatic nitrogens is 1. The molecule has 1 saturated carbocycles. The number of rotatable bonds is 2. The van der Waals surface area contributed by atoms with Crippen molar-refractivity contribution in [3.05, 3.63) is 29.8 Å². The monoisotopic (exact) mass is 360 g/mol. The van der Waals surface area contributed by atoms with Crippen LogP contribution in [0.15, 0.2) is 18.3 Å². The molecule has 138 valence electrons. The number of amides is 3. The minimum Gasteiger partial charge on any atom is -0.447 e. The van der Waals surface area contributed by atoms with E-state index in [0.717, 1.165) is 38.0 Å². The number of hydrogen-bond donors (Lipinski definition) is 1. The lowest BCUT2D eigenvalue weighted by molar-refractivity contribution is -0.0828. The van der Waals surface area contributed by atoms with Gasteiger partial charge in [0.2, 0.25) is 0 Å². The molecule has 7 nitrogen and oxygen atoms in total. The SMILES string of the molecule is O=C1NC2(CO1)CN(C(=O)N1CC3(CC(Cc4ccc(F)cn4)C3)C1)C2. The van der Waals surface area contributed by atoms with Gasteiger partial charge < -0.3 is 19.9 Å². The van der Waals surface area contributed by atoms with E-state index in [2.05, 4.69) is 10.3 Å². The molecule has 0 radical (unpaired) electrons. The quantitative estimate of drug-likeness (QED) is 0.865. The molecule has 26 heavy (non-hydrogen) atoms. The van der Waals surface area contributed by atoms with Gasteiger partial charge in [-0.3, -0.25) is 4.98 Å². The van der Waals surface area contributed by atoms with Crippen LogP contribution in [0.25, 0.3) is 0 Å². The van der Waals surface area contributed by atoms with Crippen LogP contribution >= 0.6 is 0 Å². The maximum atomic E-state index is 12.9. The molecule has 3 aliphatic heterocycles. The van der Waals surface area contributed by atoms with Crippen LogP contribution in [0, 0.1) is 17.2 Å². The zero-order valence-corrected chi connectivity index (χ0v) is 14.4. The first-order valence-electron chi connectivity index (χ1n) is 9.04. The summed E-state index contributed by atoms with van der Waals surface area (Å²) in [5, 5.41) is 2.79. The third-order valence-corrected chi connectivity index (χ3v) is 6.16. The number of hydrogen-bond acceptors (Lipinski definition) is 4. The highest BCUT2D eigenvalue weighted by Gasteiger charge is 2.57. The van der Waals surface area contributed by atoms with Crippen molar-refractivity contribution in [2.75, 3.05) is 32.8 Å². The highest BCUT2D eigenvalue weighted by atomic mass is 19.1. The van der Waals surface area contributed by atoms with Crippen molar-refractivity contribution in [1.82, 2.24) is 20.1 Å². The summed E-state index contributed by atoms with van der Waals surface area (Å²) in [6, 6.07) is 3.27. The van der Waals surface area contributed by atoms with Gasteiger partial charge in [-0.15, -0.1) is 0 Å². The fraction of sp³-hybridized carbons (Fsp3) is 0.611. The second-order valence-corrected chi connectivity index (χ2v) is 8.42. The van der Waals surface area contributed by atoms with E-state index in [9.17, 15) is 14.0 Å². The normalized spacial score (nSPS) is 25.3. The summed E-state index contributed by atoms with van der Waals surface area (Å²) in [5.41, 5.74) is 0.845. The number of pyridine rings is 1. The molecule has 2 spiro atoms. The topological polar surface area (TPSA) is 74.8 Å². The number of carbonyl (C=O) groups excluding carboxylic acids is 2. The fourth-order valence-corrected chi connectivity index (χ4v) is 4.97. The number of likely N-dealkylation sites (tertiary alicyclic amines) is 2. The van der Waals surface area contributed by atoms with Gasteiger partial charge in [-0.2, -0.15) is 0 Å². The lowest BCUT2D eigenvalue weighted by Crippen LogP contribution is -2.74. The van der Waals surface area contributed by atoms with Gasteiger partial charge in [-0.05, 0) is 37.3 Å². The molecular formula is C18H21FN4O3. The second-order valence-electron chi connectivity index (χ2n) is 8.42. The van der Waals surface area contributed by atoms with Crippen LogP contribution in [0.4, 0.5) is 14.0 Å². The van der Waals surface area contributed by atoms with Gasteiger partial charge in [-0.25, -0.2) is 14.0 Å². The van der Waals surface area contributed by atoms with E-state index in [1.165, 1.54) is 12.3 Å². The summed E-state index contributed by atoms with van der Waals surface area (Å²) in [5.74, 6) is 0.270. The van der Waals surface area contributed by atoms with E-state index in [4.69, 9.17) is 4.74 Å². The first-order valence-corrected chi connectivity index (χ1v) is 9.04. The van der Waals surface area contributed by atoms with Crippen molar-refractivity contribution in [3.63, 3.8) is 0 Å². The van der Waals surface area contributed by atoms with Crippen molar-refractivity contribution in [2.24, 2.45) is 11.3 Å². The molecule has 3 amide bonds. The van der Waals surface area contributed by atoms with E-state index < -0.39 is 6.09 Å². The first kappa shape index (κ1) is 15.8. The molecule has 3 saturated heterocycles. The first-order chi connectivity index (χ1) is 12.4. The Morgan fingerprint density at radius 1 is 1.27 bits per heavy atom. The fourth-order valence-electron chi connectivity index (χ4n) is 4.97. The number of carbonyl (C=O) groups is 2. The van der Waals surface area contributed by atoms with E-state index in [1.807, 2.05) is 4.90 Å². The van der Waals surface area contributed by atoms with Crippen LogP contribution in [-0.4, -0.2) is 65.2 Å². The Bertz CT molecular complexity index is 748. The van der Waals surface area contributed by atoms with Crippen molar-refractivity contribution in [3.8, 4) is 0 Å². The molecule has 4 aliphatic rings. The molecule has 0 aromatic carbocycles. The molecule has 1 aromatic rings. The molecular weight excluding hydrogens is 339 g/mol. The summed E-state index contributed by atoms with van der Waals surface area (Å²) < 4.78 is 17.8. The van der Waals surface area contributed by atoms with Crippen molar-refractivity contribution >= 4 is 12.1 Å². The summed E-state index contributed by atoms with van der Waals surface area (Å²) in [4.78, 5) is 31.5. The standard InChI is InChI=1S/C18H21FN4O3/c19-13-1-2-14(20-6-13)3-12-4-17(5-12)7-22(8-17)16(25)23-9-18(10-23)11-26-15(24)21-18/h1-2,6,12H,3-5,7-11H2,(H,21,24). The smallest absolute Gasteiger partial charge is 0.407 e. The van der Waals surface area contributed by atoms with E-state index in [0.29, 0.717) is 25.6 Å². The lowest BCUT2D eigenvalue weighted by Gasteiger charge is -2.60. The Balaban J connectivity index is 1.07. The average molecular weight is 360 g/mol. The molecule has 4 fully saturated rings. The summed E-state index contributed by atoms with van der Waals surface area (Å²) in [6.07, 6.45) is 3.96. The molecule has 0 atom stereocenters. The number of ether oxygens (including phenoxy) is 1. The second kappa shape index (κ2) is 5.31. The zero-order valence-electron chi connectivity index (χ0n) is 14.4. The maximum absolute atomic E-state index is 12.9. The molecule has 8 heteroatoms. The maximum Gasteiger partial charge on any atom is 0.407 e.